The quantitative estimate of drug-likeness (QED) is 0.450. The largest absolute Gasteiger partial charge is 0.548 e. The zero-order chi connectivity index (χ0) is 12.4. The maximum Gasteiger partial charge on any atom is 0.236 e. The summed E-state index contributed by atoms with van der Waals surface area (Å²) in [6.07, 6.45) is 4.79. The zero-order valence-electron chi connectivity index (χ0n) is 9.38. The Balaban J connectivity index is 2.00. The van der Waals surface area contributed by atoms with E-state index in [4.69, 9.17) is 0 Å². The number of nitrogens with zero attached hydrogens (tertiary/aromatic N) is 1. The number of allylic oxidation sites excluding steroid dienone is 2. The number of carboxylic acids is 1. The molecule has 1 saturated heterocycles. The van der Waals surface area contributed by atoms with Gasteiger partial charge in [-0.1, -0.05) is 12.2 Å². The minimum Gasteiger partial charge on any atom is -0.548 e. The molecule has 2 fully saturated rings. The van der Waals surface area contributed by atoms with Gasteiger partial charge in [-0.2, -0.15) is 0 Å². The number of hydrogen-bond donors (Lipinski definition) is 0. The summed E-state index contributed by atoms with van der Waals surface area (Å²) in [7, 11) is 0. The van der Waals surface area contributed by atoms with Crippen LogP contribution in [-0.4, -0.2) is 29.2 Å². The first-order valence-corrected chi connectivity index (χ1v) is 5.70. The van der Waals surface area contributed by atoms with Crippen LogP contribution >= 0.6 is 0 Å². The highest BCUT2D eigenvalue weighted by molar-refractivity contribution is 6.10. The summed E-state index contributed by atoms with van der Waals surface area (Å²) in [5, 5.41) is 10.6. The molecule has 3 rings (SSSR count). The molecule has 4 atom stereocenters. The lowest BCUT2D eigenvalue weighted by Crippen LogP contribution is -2.43. The number of likely N-dealkylation sites (tertiary alicyclic amines) is 1. The molecule has 1 saturated carbocycles. The first kappa shape index (κ1) is 10.5. The van der Waals surface area contributed by atoms with Crippen molar-refractivity contribution >= 4 is 17.8 Å². The number of hydrogen-bond acceptors (Lipinski definition) is 4. The van der Waals surface area contributed by atoms with E-state index in [1.54, 1.807) is 6.92 Å². The molecule has 2 amide bonds. The lowest BCUT2D eigenvalue weighted by atomic mass is 9.71. The summed E-state index contributed by atoms with van der Waals surface area (Å²) in [4.78, 5) is 35.8. The molecule has 0 spiro atoms. The lowest BCUT2D eigenvalue weighted by molar-refractivity contribution is -0.305. The number of carbonyl (C=O) groups excluding carboxylic acids is 3. The SMILES string of the molecule is C[C@@]12C(=O)N(CC(=O)[O-])C(=O)[C@@H]1[C@H]1C=C[C@H]2C1. The third-order valence-corrected chi connectivity index (χ3v) is 4.49. The molecule has 1 heterocycles. The Hall–Kier alpha value is -1.65. The van der Waals surface area contributed by atoms with Crippen LogP contribution in [0.25, 0.3) is 0 Å². The van der Waals surface area contributed by atoms with Crippen LogP contribution in [0, 0.1) is 23.2 Å². The second-order valence-electron chi connectivity index (χ2n) is 5.25. The van der Waals surface area contributed by atoms with Gasteiger partial charge in [0.1, 0.15) is 0 Å². The van der Waals surface area contributed by atoms with Gasteiger partial charge in [0.05, 0.1) is 23.8 Å². The molecule has 5 heteroatoms. The molecule has 1 aliphatic heterocycles. The number of carbonyl (C=O) groups is 3. The highest BCUT2D eigenvalue weighted by atomic mass is 16.4. The smallest absolute Gasteiger partial charge is 0.236 e. The summed E-state index contributed by atoms with van der Waals surface area (Å²) in [6.45, 7) is 1.16. The van der Waals surface area contributed by atoms with Crippen LogP contribution in [-0.2, 0) is 14.4 Å². The van der Waals surface area contributed by atoms with Crippen molar-refractivity contribution in [1.82, 2.24) is 4.90 Å². The number of amides is 2. The monoisotopic (exact) mass is 234 g/mol. The average molecular weight is 234 g/mol. The topological polar surface area (TPSA) is 77.5 Å². The van der Waals surface area contributed by atoms with Crippen molar-refractivity contribution in [2.75, 3.05) is 6.54 Å². The van der Waals surface area contributed by atoms with Gasteiger partial charge in [0.25, 0.3) is 0 Å². The van der Waals surface area contributed by atoms with Crippen molar-refractivity contribution in [1.29, 1.82) is 0 Å². The predicted octanol–water partition coefficient (Wildman–Crippen LogP) is -1.07. The van der Waals surface area contributed by atoms with Gasteiger partial charge < -0.3 is 9.90 Å². The van der Waals surface area contributed by atoms with E-state index >= 15 is 0 Å². The summed E-state index contributed by atoms with van der Waals surface area (Å²) in [5.74, 6) is -2.30. The molecule has 90 valence electrons. The molecule has 2 bridgehead atoms. The van der Waals surface area contributed by atoms with Crippen LogP contribution in [0.2, 0.25) is 0 Å². The summed E-state index contributed by atoms with van der Waals surface area (Å²) in [6, 6.07) is 0. The maximum absolute atomic E-state index is 12.2. The van der Waals surface area contributed by atoms with Crippen molar-refractivity contribution in [2.45, 2.75) is 13.3 Å². The Kier molecular flexibility index (Phi) is 1.83. The first-order chi connectivity index (χ1) is 7.96. The minimum atomic E-state index is -1.39. The average Bonchev–Trinajstić information content (AvgIpc) is 2.87. The third kappa shape index (κ3) is 1.06. The Morgan fingerprint density at radius 3 is 2.82 bits per heavy atom. The van der Waals surface area contributed by atoms with Crippen LogP contribution in [0.5, 0.6) is 0 Å². The predicted molar refractivity (Wildman–Crippen MR) is 54.1 cm³/mol. The highest BCUT2D eigenvalue weighted by Crippen LogP contribution is 2.60. The maximum atomic E-state index is 12.2. The van der Waals surface area contributed by atoms with Gasteiger partial charge in [-0.25, -0.2) is 0 Å². The molecular weight excluding hydrogens is 222 g/mol. The fourth-order valence-electron chi connectivity index (χ4n) is 3.66. The molecule has 0 radical (unpaired) electrons. The second kappa shape index (κ2) is 2.97. The van der Waals surface area contributed by atoms with Crippen LogP contribution in [0.15, 0.2) is 12.2 Å². The van der Waals surface area contributed by atoms with Crippen LogP contribution in [0.4, 0.5) is 0 Å². The van der Waals surface area contributed by atoms with E-state index in [9.17, 15) is 19.5 Å². The van der Waals surface area contributed by atoms with Gasteiger partial charge in [0, 0.05) is 0 Å². The summed E-state index contributed by atoms with van der Waals surface area (Å²) < 4.78 is 0. The molecule has 0 unspecified atom stereocenters. The number of imide groups is 1. The van der Waals surface area contributed by atoms with Crippen molar-refractivity contribution in [3.63, 3.8) is 0 Å². The molecule has 17 heavy (non-hydrogen) atoms. The normalized spacial score (nSPS) is 42.4. The summed E-state index contributed by atoms with van der Waals surface area (Å²) in [5.41, 5.74) is -0.730. The molecule has 0 aromatic carbocycles. The van der Waals surface area contributed by atoms with Gasteiger partial charge >= 0.3 is 0 Å². The van der Waals surface area contributed by atoms with Crippen molar-refractivity contribution in [3.05, 3.63) is 12.2 Å². The van der Waals surface area contributed by atoms with Gasteiger partial charge in [-0.3, -0.25) is 14.5 Å². The summed E-state index contributed by atoms with van der Waals surface area (Å²) >= 11 is 0. The van der Waals surface area contributed by atoms with Crippen molar-refractivity contribution in [2.24, 2.45) is 23.2 Å². The molecule has 0 aromatic heterocycles. The molecule has 2 aliphatic carbocycles. The van der Waals surface area contributed by atoms with Gasteiger partial charge in [0.15, 0.2) is 0 Å². The van der Waals surface area contributed by atoms with Gasteiger partial charge in [0.2, 0.25) is 11.8 Å². The van der Waals surface area contributed by atoms with E-state index in [2.05, 4.69) is 0 Å². The highest BCUT2D eigenvalue weighted by Gasteiger charge is 2.66. The van der Waals surface area contributed by atoms with E-state index in [0.29, 0.717) is 0 Å². The Labute approximate surface area is 98.1 Å². The van der Waals surface area contributed by atoms with E-state index in [1.165, 1.54) is 0 Å². The van der Waals surface area contributed by atoms with Gasteiger partial charge in [-0.15, -0.1) is 0 Å². The second-order valence-corrected chi connectivity index (χ2v) is 5.25. The van der Waals surface area contributed by atoms with E-state index in [-0.39, 0.29) is 29.6 Å². The Morgan fingerprint density at radius 1 is 1.53 bits per heavy atom. The molecule has 0 N–H and O–H groups in total. The first-order valence-electron chi connectivity index (χ1n) is 5.70. The standard InChI is InChI=1S/C12H13NO4/c1-12-7-3-2-6(4-7)9(12)10(16)13(11(12)17)5-8(14)15/h2-3,6-7,9H,4-5H2,1H3,(H,14,15)/p-1/t6-,7-,9-,12-/m0/s1. The number of fused-ring (bicyclic) bond motifs is 5. The van der Waals surface area contributed by atoms with Crippen LogP contribution in [0.1, 0.15) is 13.3 Å². The fraction of sp³-hybridized carbons (Fsp3) is 0.583. The van der Waals surface area contributed by atoms with Gasteiger partial charge in [-0.05, 0) is 25.2 Å². The van der Waals surface area contributed by atoms with E-state index < -0.39 is 17.9 Å². The third-order valence-electron chi connectivity index (χ3n) is 4.49. The molecular formula is C12H12NO4-. The molecule has 3 aliphatic rings. The minimum absolute atomic E-state index is 0.0701. The Bertz CT molecular complexity index is 469. The molecule has 5 nitrogen and oxygen atoms in total. The van der Waals surface area contributed by atoms with E-state index in [0.717, 1.165) is 11.3 Å². The van der Waals surface area contributed by atoms with Crippen molar-refractivity contribution < 1.29 is 19.5 Å². The van der Waals surface area contributed by atoms with Crippen molar-refractivity contribution in [3.8, 4) is 0 Å². The number of carboxylic acid groups (broad SMARTS) is 1. The number of aliphatic carboxylic acids is 1. The molecule has 0 aromatic rings. The van der Waals surface area contributed by atoms with Crippen LogP contribution in [0.3, 0.4) is 0 Å². The lowest BCUT2D eigenvalue weighted by Gasteiger charge is -2.28. The van der Waals surface area contributed by atoms with Crippen LogP contribution < -0.4 is 5.11 Å². The Morgan fingerprint density at radius 2 is 2.24 bits per heavy atom. The van der Waals surface area contributed by atoms with E-state index in [1.807, 2.05) is 12.2 Å². The fourth-order valence-corrected chi connectivity index (χ4v) is 3.66. The number of rotatable bonds is 2. The zero-order valence-corrected chi connectivity index (χ0v) is 9.38.